The van der Waals surface area contributed by atoms with Gasteiger partial charge in [0.15, 0.2) is 0 Å². The summed E-state index contributed by atoms with van der Waals surface area (Å²) in [4.78, 5) is 12.4. The summed E-state index contributed by atoms with van der Waals surface area (Å²) in [6, 6.07) is 11.2. The lowest BCUT2D eigenvalue weighted by molar-refractivity contribution is 0.0950. The molecule has 128 valence electrons. The minimum atomic E-state index is -0.141. The number of hydrogen-bond donors (Lipinski definition) is 1. The molecule has 1 amide bonds. The molecule has 0 heterocycles. The summed E-state index contributed by atoms with van der Waals surface area (Å²) in [6.07, 6.45) is 0.660. The second kappa shape index (κ2) is 8.24. The van der Waals surface area contributed by atoms with Gasteiger partial charge in [-0.15, -0.1) is 0 Å². The van der Waals surface area contributed by atoms with Crippen LogP contribution < -0.4 is 19.5 Å². The summed E-state index contributed by atoms with van der Waals surface area (Å²) in [7, 11) is 4.80. The van der Waals surface area contributed by atoms with Crippen molar-refractivity contribution in [3.05, 3.63) is 53.1 Å². The molecule has 0 atom stereocenters. The molecular formula is C19H23NO4. The Balaban J connectivity index is 2.03. The summed E-state index contributed by atoms with van der Waals surface area (Å²) < 4.78 is 15.8. The van der Waals surface area contributed by atoms with Gasteiger partial charge in [0.05, 0.1) is 26.9 Å². The Hall–Kier alpha value is -2.69. The number of aryl methyl sites for hydroxylation is 1. The number of carbonyl (C=O) groups is 1. The molecule has 0 saturated carbocycles. The van der Waals surface area contributed by atoms with Crippen LogP contribution >= 0.6 is 0 Å². The zero-order chi connectivity index (χ0) is 17.5. The number of amides is 1. The molecule has 5 nitrogen and oxygen atoms in total. The third kappa shape index (κ3) is 3.98. The van der Waals surface area contributed by atoms with E-state index in [1.807, 2.05) is 37.3 Å². The smallest absolute Gasteiger partial charge is 0.255 e. The Kier molecular flexibility index (Phi) is 6.07. The van der Waals surface area contributed by atoms with E-state index in [1.165, 1.54) is 0 Å². The van der Waals surface area contributed by atoms with Gasteiger partial charge in [-0.25, -0.2) is 0 Å². The van der Waals surface area contributed by atoms with Gasteiger partial charge in [-0.3, -0.25) is 4.79 Å². The fourth-order valence-corrected chi connectivity index (χ4v) is 2.56. The quantitative estimate of drug-likeness (QED) is 0.848. The van der Waals surface area contributed by atoms with Crippen LogP contribution in [0.1, 0.15) is 21.5 Å². The highest BCUT2D eigenvalue weighted by atomic mass is 16.5. The first-order valence-corrected chi connectivity index (χ1v) is 7.73. The van der Waals surface area contributed by atoms with Gasteiger partial charge in [0, 0.05) is 12.6 Å². The van der Waals surface area contributed by atoms with Gasteiger partial charge in [-0.1, -0.05) is 18.2 Å². The van der Waals surface area contributed by atoms with Gasteiger partial charge in [0.25, 0.3) is 5.91 Å². The van der Waals surface area contributed by atoms with Crippen molar-refractivity contribution in [2.75, 3.05) is 27.9 Å². The maximum absolute atomic E-state index is 12.4. The van der Waals surface area contributed by atoms with Crippen LogP contribution in [0.15, 0.2) is 36.4 Å². The lowest BCUT2D eigenvalue weighted by Gasteiger charge is -2.13. The molecule has 24 heavy (non-hydrogen) atoms. The Morgan fingerprint density at radius 3 is 2.42 bits per heavy atom. The molecular weight excluding hydrogens is 306 g/mol. The minimum Gasteiger partial charge on any atom is -0.497 e. The molecule has 0 aliphatic heterocycles. The molecule has 0 aliphatic rings. The zero-order valence-electron chi connectivity index (χ0n) is 14.5. The van der Waals surface area contributed by atoms with Gasteiger partial charge >= 0.3 is 0 Å². The van der Waals surface area contributed by atoms with Gasteiger partial charge in [-0.05, 0) is 36.6 Å². The van der Waals surface area contributed by atoms with Crippen molar-refractivity contribution < 1.29 is 19.0 Å². The normalized spacial score (nSPS) is 10.2. The number of hydrogen-bond acceptors (Lipinski definition) is 4. The summed E-state index contributed by atoms with van der Waals surface area (Å²) in [5.74, 6) is 1.92. The van der Waals surface area contributed by atoms with Crippen LogP contribution in [0.5, 0.6) is 17.2 Å². The monoisotopic (exact) mass is 329 g/mol. The molecule has 2 aromatic carbocycles. The third-order valence-corrected chi connectivity index (χ3v) is 3.86. The highest BCUT2D eigenvalue weighted by molar-refractivity contribution is 5.98. The largest absolute Gasteiger partial charge is 0.497 e. The van der Waals surface area contributed by atoms with Crippen LogP contribution in [0, 0.1) is 6.92 Å². The summed E-state index contributed by atoms with van der Waals surface area (Å²) in [6.45, 7) is 2.39. The summed E-state index contributed by atoms with van der Waals surface area (Å²) >= 11 is 0. The van der Waals surface area contributed by atoms with Crippen molar-refractivity contribution in [1.29, 1.82) is 0 Å². The number of rotatable bonds is 7. The average molecular weight is 329 g/mol. The van der Waals surface area contributed by atoms with E-state index in [0.717, 1.165) is 22.6 Å². The molecule has 5 heteroatoms. The first-order valence-electron chi connectivity index (χ1n) is 7.73. The fraction of sp³-hybridized carbons (Fsp3) is 0.316. The van der Waals surface area contributed by atoms with Crippen molar-refractivity contribution in [2.45, 2.75) is 13.3 Å². The third-order valence-electron chi connectivity index (χ3n) is 3.86. The highest BCUT2D eigenvalue weighted by Gasteiger charge is 2.14. The SMILES string of the molecule is COc1ccc(CCNC(=O)c2c(C)cccc2OC)c(OC)c1. The molecule has 0 spiro atoms. The Labute approximate surface area is 142 Å². The molecule has 0 bridgehead atoms. The number of ether oxygens (including phenoxy) is 3. The predicted octanol–water partition coefficient (Wildman–Crippen LogP) is 2.99. The predicted molar refractivity (Wildman–Crippen MR) is 93.3 cm³/mol. The van der Waals surface area contributed by atoms with Crippen LogP contribution in [0.25, 0.3) is 0 Å². The van der Waals surface area contributed by atoms with Crippen LogP contribution in [-0.2, 0) is 6.42 Å². The molecule has 0 aliphatic carbocycles. The van der Waals surface area contributed by atoms with Gasteiger partial charge in [0.1, 0.15) is 17.2 Å². The van der Waals surface area contributed by atoms with Crippen molar-refractivity contribution in [2.24, 2.45) is 0 Å². The lowest BCUT2D eigenvalue weighted by Crippen LogP contribution is -2.27. The Morgan fingerprint density at radius 2 is 1.75 bits per heavy atom. The fourth-order valence-electron chi connectivity index (χ4n) is 2.56. The lowest BCUT2D eigenvalue weighted by atomic mass is 10.1. The molecule has 0 unspecified atom stereocenters. The number of carbonyl (C=O) groups excluding carboxylic acids is 1. The molecule has 0 aromatic heterocycles. The van der Waals surface area contributed by atoms with E-state index in [-0.39, 0.29) is 5.91 Å². The molecule has 0 fully saturated rings. The first-order chi connectivity index (χ1) is 11.6. The molecule has 1 N–H and O–H groups in total. The van der Waals surface area contributed by atoms with E-state index >= 15 is 0 Å². The maximum Gasteiger partial charge on any atom is 0.255 e. The highest BCUT2D eigenvalue weighted by Crippen LogP contribution is 2.25. The van der Waals surface area contributed by atoms with E-state index in [1.54, 1.807) is 27.4 Å². The summed E-state index contributed by atoms with van der Waals surface area (Å²) in [5.41, 5.74) is 2.46. The first kappa shape index (κ1) is 17.7. The van der Waals surface area contributed by atoms with Crippen LogP contribution in [0.4, 0.5) is 0 Å². The standard InChI is InChI=1S/C19H23NO4/c1-13-6-5-7-16(23-3)18(13)19(21)20-11-10-14-8-9-15(22-2)12-17(14)24-4/h5-9,12H,10-11H2,1-4H3,(H,20,21). The van der Waals surface area contributed by atoms with Crippen molar-refractivity contribution in [3.8, 4) is 17.2 Å². The molecule has 0 radical (unpaired) electrons. The van der Waals surface area contributed by atoms with Crippen molar-refractivity contribution >= 4 is 5.91 Å². The van der Waals surface area contributed by atoms with E-state index < -0.39 is 0 Å². The van der Waals surface area contributed by atoms with Crippen LogP contribution in [0.3, 0.4) is 0 Å². The zero-order valence-corrected chi connectivity index (χ0v) is 14.5. The van der Waals surface area contributed by atoms with Crippen LogP contribution in [0.2, 0.25) is 0 Å². The second-order valence-corrected chi connectivity index (χ2v) is 5.34. The summed E-state index contributed by atoms with van der Waals surface area (Å²) in [5, 5.41) is 2.94. The molecule has 2 rings (SSSR count). The average Bonchev–Trinajstić information content (AvgIpc) is 2.61. The van der Waals surface area contributed by atoms with Gasteiger partial charge in [0.2, 0.25) is 0 Å². The van der Waals surface area contributed by atoms with Crippen molar-refractivity contribution in [3.63, 3.8) is 0 Å². The number of methoxy groups -OCH3 is 3. The Morgan fingerprint density at radius 1 is 1.00 bits per heavy atom. The maximum atomic E-state index is 12.4. The topological polar surface area (TPSA) is 56.8 Å². The number of benzene rings is 2. The van der Waals surface area contributed by atoms with Gasteiger partial charge < -0.3 is 19.5 Å². The van der Waals surface area contributed by atoms with Crippen LogP contribution in [-0.4, -0.2) is 33.8 Å². The minimum absolute atomic E-state index is 0.141. The molecule has 2 aromatic rings. The molecule has 0 saturated heterocycles. The van der Waals surface area contributed by atoms with E-state index in [2.05, 4.69) is 5.32 Å². The second-order valence-electron chi connectivity index (χ2n) is 5.34. The van der Waals surface area contributed by atoms with E-state index in [9.17, 15) is 4.79 Å². The van der Waals surface area contributed by atoms with E-state index in [4.69, 9.17) is 14.2 Å². The van der Waals surface area contributed by atoms with E-state index in [0.29, 0.717) is 24.3 Å². The number of nitrogens with one attached hydrogen (secondary N) is 1. The Bertz CT molecular complexity index is 713. The van der Waals surface area contributed by atoms with Gasteiger partial charge in [-0.2, -0.15) is 0 Å². The van der Waals surface area contributed by atoms with Crippen molar-refractivity contribution in [1.82, 2.24) is 5.32 Å².